The van der Waals surface area contributed by atoms with Gasteiger partial charge in [0.05, 0.1) is 5.56 Å². The molecular weight excluding hydrogens is 291 g/mol. The lowest BCUT2D eigenvalue weighted by Gasteiger charge is -2.10. The van der Waals surface area contributed by atoms with Gasteiger partial charge in [-0.1, -0.05) is 48.0 Å². The number of benzene rings is 3. The number of hydrogen-bond donors (Lipinski definition) is 1. The van der Waals surface area contributed by atoms with Gasteiger partial charge in [0.15, 0.2) is 0 Å². The molecule has 0 fully saturated rings. The van der Waals surface area contributed by atoms with Crippen LogP contribution in [-0.4, -0.2) is 11.1 Å². The molecule has 0 saturated carbocycles. The normalized spacial score (nSPS) is 10.8. The van der Waals surface area contributed by atoms with Gasteiger partial charge in [-0.15, -0.1) is 0 Å². The van der Waals surface area contributed by atoms with Gasteiger partial charge >= 0.3 is 5.97 Å². The maximum Gasteiger partial charge on any atom is 0.335 e. The largest absolute Gasteiger partial charge is 0.478 e. The number of carboxylic acid groups (broad SMARTS) is 1. The molecule has 0 saturated heterocycles. The Balaban J connectivity index is 2.26. The fourth-order valence-electron chi connectivity index (χ4n) is 2.36. The number of rotatable bonds is 2. The maximum atomic E-state index is 14.2. The summed E-state index contributed by atoms with van der Waals surface area (Å²) in [5.74, 6) is -1.72. The van der Waals surface area contributed by atoms with Gasteiger partial charge in [0.2, 0.25) is 0 Å². The van der Waals surface area contributed by atoms with E-state index in [1.165, 1.54) is 12.1 Å². The first-order valence-electron chi connectivity index (χ1n) is 6.28. The van der Waals surface area contributed by atoms with Crippen molar-refractivity contribution in [2.75, 3.05) is 0 Å². The Bertz CT molecular complexity index is 859. The predicted molar refractivity (Wildman–Crippen MR) is 81.3 cm³/mol. The summed E-state index contributed by atoms with van der Waals surface area (Å²) in [6.07, 6.45) is 0. The molecule has 21 heavy (non-hydrogen) atoms. The number of aromatic carboxylic acids is 1. The molecule has 0 atom stereocenters. The van der Waals surface area contributed by atoms with Gasteiger partial charge in [0.1, 0.15) is 5.82 Å². The van der Waals surface area contributed by atoms with E-state index in [9.17, 15) is 9.18 Å². The summed E-state index contributed by atoms with van der Waals surface area (Å²) in [7, 11) is 0. The summed E-state index contributed by atoms with van der Waals surface area (Å²) < 4.78 is 14.2. The van der Waals surface area contributed by atoms with Crippen molar-refractivity contribution in [3.8, 4) is 11.1 Å². The summed E-state index contributed by atoms with van der Waals surface area (Å²) >= 11 is 6.15. The van der Waals surface area contributed by atoms with Gasteiger partial charge in [-0.05, 0) is 29.1 Å². The molecule has 4 heteroatoms. The Hall–Kier alpha value is -2.39. The van der Waals surface area contributed by atoms with E-state index in [1.54, 1.807) is 12.1 Å². The summed E-state index contributed by atoms with van der Waals surface area (Å²) in [4.78, 5) is 10.9. The van der Waals surface area contributed by atoms with Crippen LogP contribution in [-0.2, 0) is 0 Å². The molecule has 0 aliphatic heterocycles. The molecule has 3 aromatic rings. The van der Waals surface area contributed by atoms with E-state index in [-0.39, 0.29) is 5.56 Å². The number of halogens is 2. The van der Waals surface area contributed by atoms with Gasteiger partial charge in [0, 0.05) is 16.0 Å². The molecule has 0 bridgehead atoms. The molecule has 0 aliphatic carbocycles. The lowest BCUT2D eigenvalue weighted by atomic mass is 9.97. The molecule has 3 aromatic carbocycles. The molecule has 2 nitrogen and oxygen atoms in total. The number of fused-ring (bicyclic) bond motifs is 1. The van der Waals surface area contributed by atoms with Crippen LogP contribution < -0.4 is 0 Å². The lowest BCUT2D eigenvalue weighted by Crippen LogP contribution is -1.97. The van der Waals surface area contributed by atoms with Crippen LogP contribution >= 0.6 is 11.6 Å². The highest BCUT2D eigenvalue weighted by Crippen LogP contribution is 2.34. The second-order valence-corrected chi connectivity index (χ2v) is 5.05. The minimum absolute atomic E-state index is 0.0745. The van der Waals surface area contributed by atoms with E-state index in [2.05, 4.69) is 0 Å². The molecule has 0 unspecified atom stereocenters. The van der Waals surface area contributed by atoms with Crippen LogP contribution in [0.15, 0.2) is 54.6 Å². The second kappa shape index (κ2) is 5.19. The zero-order valence-corrected chi connectivity index (χ0v) is 11.6. The van der Waals surface area contributed by atoms with E-state index in [1.807, 2.05) is 24.3 Å². The third-order valence-corrected chi connectivity index (χ3v) is 3.71. The first-order valence-corrected chi connectivity index (χ1v) is 6.66. The fourth-order valence-corrected chi connectivity index (χ4v) is 2.59. The van der Waals surface area contributed by atoms with Crippen LogP contribution in [0.4, 0.5) is 4.39 Å². The third kappa shape index (κ3) is 2.36. The highest BCUT2D eigenvalue weighted by Gasteiger charge is 2.13. The first-order chi connectivity index (χ1) is 10.1. The molecule has 0 heterocycles. The maximum absolute atomic E-state index is 14.2. The average Bonchev–Trinajstić information content (AvgIpc) is 2.48. The molecular formula is C17H10ClFO2. The van der Waals surface area contributed by atoms with E-state index in [0.29, 0.717) is 16.1 Å². The first kappa shape index (κ1) is 13.6. The molecule has 0 spiro atoms. The van der Waals surface area contributed by atoms with Crippen LogP contribution in [0.3, 0.4) is 0 Å². The Kier molecular flexibility index (Phi) is 3.35. The molecule has 0 amide bonds. The summed E-state index contributed by atoms with van der Waals surface area (Å²) in [5.41, 5.74) is 0.965. The van der Waals surface area contributed by atoms with Gasteiger partial charge < -0.3 is 5.11 Å². The number of hydrogen-bond acceptors (Lipinski definition) is 1. The van der Waals surface area contributed by atoms with E-state index >= 15 is 0 Å². The zero-order valence-electron chi connectivity index (χ0n) is 10.8. The van der Waals surface area contributed by atoms with E-state index in [0.717, 1.165) is 16.8 Å². The van der Waals surface area contributed by atoms with Gasteiger partial charge in [-0.3, -0.25) is 0 Å². The number of carbonyl (C=O) groups is 1. The average molecular weight is 301 g/mol. The third-order valence-electron chi connectivity index (χ3n) is 3.38. The molecule has 0 aromatic heterocycles. The molecule has 3 rings (SSSR count). The van der Waals surface area contributed by atoms with Crippen molar-refractivity contribution >= 4 is 28.3 Å². The number of carboxylic acids is 1. The Labute approximate surface area is 125 Å². The highest BCUT2D eigenvalue weighted by molar-refractivity contribution is 6.36. The van der Waals surface area contributed by atoms with Crippen LogP contribution in [0.1, 0.15) is 10.4 Å². The Morgan fingerprint density at radius 3 is 2.29 bits per heavy atom. The van der Waals surface area contributed by atoms with Gasteiger partial charge in [0.25, 0.3) is 0 Å². The van der Waals surface area contributed by atoms with Crippen LogP contribution in [0, 0.1) is 5.82 Å². The summed E-state index contributed by atoms with van der Waals surface area (Å²) in [6, 6.07) is 14.8. The Morgan fingerprint density at radius 1 is 0.952 bits per heavy atom. The van der Waals surface area contributed by atoms with Crippen molar-refractivity contribution in [1.29, 1.82) is 0 Å². The summed E-state index contributed by atoms with van der Waals surface area (Å²) in [5, 5.41) is 11.1. The minimum atomic E-state index is -1.15. The molecule has 1 N–H and O–H groups in total. The van der Waals surface area contributed by atoms with Crippen molar-refractivity contribution in [3.05, 3.63) is 71.0 Å². The highest BCUT2D eigenvalue weighted by atomic mass is 35.5. The van der Waals surface area contributed by atoms with Crippen molar-refractivity contribution in [1.82, 2.24) is 0 Å². The quantitative estimate of drug-likeness (QED) is 0.723. The predicted octanol–water partition coefficient (Wildman–Crippen LogP) is 5.00. The van der Waals surface area contributed by atoms with E-state index < -0.39 is 11.8 Å². The van der Waals surface area contributed by atoms with Gasteiger partial charge in [-0.25, -0.2) is 9.18 Å². The van der Waals surface area contributed by atoms with Crippen molar-refractivity contribution < 1.29 is 14.3 Å². The standard InChI is InChI=1S/C17H10ClFO2/c18-15-8-7-12(11-3-1-2-4-13(11)15)14-6-5-10(17(20)21)9-16(14)19/h1-9H,(H,20,21). The van der Waals surface area contributed by atoms with Crippen molar-refractivity contribution in [2.24, 2.45) is 0 Å². The van der Waals surface area contributed by atoms with Crippen LogP contribution in [0.2, 0.25) is 5.02 Å². The molecule has 0 radical (unpaired) electrons. The Morgan fingerprint density at radius 2 is 1.62 bits per heavy atom. The van der Waals surface area contributed by atoms with Crippen LogP contribution in [0.5, 0.6) is 0 Å². The summed E-state index contributed by atoms with van der Waals surface area (Å²) in [6.45, 7) is 0. The monoisotopic (exact) mass is 300 g/mol. The smallest absolute Gasteiger partial charge is 0.335 e. The SMILES string of the molecule is O=C(O)c1ccc(-c2ccc(Cl)c3ccccc23)c(F)c1. The molecule has 0 aliphatic rings. The topological polar surface area (TPSA) is 37.3 Å². The van der Waals surface area contributed by atoms with Crippen molar-refractivity contribution in [3.63, 3.8) is 0 Å². The van der Waals surface area contributed by atoms with Crippen LogP contribution in [0.25, 0.3) is 21.9 Å². The van der Waals surface area contributed by atoms with Crippen molar-refractivity contribution in [2.45, 2.75) is 0 Å². The second-order valence-electron chi connectivity index (χ2n) is 4.64. The zero-order chi connectivity index (χ0) is 15.0. The minimum Gasteiger partial charge on any atom is -0.478 e. The van der Waals surface area contributed by atoms with Gasteiger partial charge in [-0.2, -0.15) is 0 Å². The fraction of sp³-hybridized carbons (Fsp3) is 0. The lowest BCUT2D eigenvalue weighted by molar-refractivity contribution is 0.0696. The van der Waals surface area contributed by atoms with E-state index in [4.69, 9.17) is 16.7 Å². The molecule has 104 valence electrons.